The number of hydrogen-bond donors (Lipinski definition) is 0. The van der Waals surface area contributed by atoms with Gasteiger partial charge in [0.1, 0.15) is 5.76 Å². The summed E-state index contributed by atoms with van der Waals surface area (Å²) in [5, 5.41) is 0. The third-order valence-electron chi connectivity index (χ3n) is 3.67. The topological polar surface area (TPSA) is 72.9 Å². The van der Waals surface area contributed by atoms with Gasteiger partial charge in [0.25, 0.3) is 5.91 Å². The van der Waals surface area contributed by atoms with E-state index in [9.17, 15) is 14.4 Å². The molecular formula is C18H21NO5. The van der Waals surface area contributed by atoms with Gasteiger partial charge < -0.3 is 9.47 Å². The summed E-state index contributed by atoms with van der Waals surface area (Å²) in [6.07, 6.45) is 0.528. The maximum Gasteiger partial charge on any atom is 0.338 e. The monoisotopic (exact) mass is 331 g/mol. The Bertz CT molecular complexity index is 720. The van der Waals surface area contributed by atoms with Crippen molar-refractivity contribution in [2.24, 2.45) is 0 Å². The Balaban J connectivity index is 2.63. The van der Waals surface area contributed by atoms with E-state index in [-0.39, 0.29) is 6.61 Å². The van der Waals surface area contributed by atoms with Gasteiger partial charge in [0, 0.05) is 18.9 Å². The van der Waals surface area contributed by atoms with Crippen molar-refractivity contribution < 1.29 is 23.9 Å². The number of benzene rings is 1. The first-order chi connectivity index (χ1) is 11.5. The van der Waals surface area contributed by atoms with Gasteiger partial charge in [-0.25, -0.2) is 9.69 Å². The number of hydrogen-bond acceptors (Lipinski definition) is 5. The number of fused-ring (bicyclic) bond motifs is 1. The standard InChI is InChI=1S/C18H21NO5/c1-5-15(23-6-2)16-13-9-8-12(18(22)24-7-3)10-14(13)19(11(4)20)17(16)21/h8-10H,5-7H2,1-4H3. The minimum atomic E-state index is -0.491. The fourth-order valence-corrected chi connectivity index (χ4v) is 2.71. The Kier molecular flexibility index (Phi) is 5.39. The molecule has 1 aromatic carbocycles. The second-order valence-electron chi connectivity index (χ2n) is 5.20. The zero-order valence-corrected chi connectivity index (χ0v) is 14.3. The molecule has 1 aliphatic rings. The van der Waals surface area contributed by atoms with Crippen molar-refractivity contribution in [2.45, 2.75) is 34.1 Å². The smallest absolute Gasteiger partial charge is 0.338 e. The summed E-state index contributed by atoms with van der Waals surface area (Å²) in [7, 11) is 0. The van der Waals surface area contributed by atoms with Crippen molar-refractivity contribution >= 4 is 29.0 Å². The molecule has 2 amide bonds. The van der Waals surface area contributed by atoms with Crippen molar-refractivity contribution in [3.63, 3.8) is 0 Å². The van der Waals surface area contributed by atoms with E-state index in [1.165, 1.54) is 13.0 Å². The predicted molar refractivity (Wildman–Crippen MR) is 89.4 cm³/mol. The van der Waals surface area contributed by atoms with Crippen LogP contribution in [0.15, 0.2) is 24.0 Å². The summed E-state index contributed by atoms with van der Waals surface area (Å²) in [5.74, 6) is -0.793. The predicted octanol–water partition coefficient (Wildman–Crippen LogP) is 2.91. The molecule has 0 fully saturated rings. The molecule has 0 bridgehead atoms. The maximum absolute atomic E-state index is 12.7. The molecule has 1 aromatic rings. The lowest BCUT2D eigenvalue weighted by molar-refractivity contribution is -0.122. The first kappa shape index (κ1) is 17.7. The first-order valence-corrected chi connectivity index (χ1v) is 7.98. The average Bonchev–Trinajstić information content (AvgIpc) is 2.84. The largest absolute Gasteiger partial charge is 0.497 e. The van der Waals surface area contributed by atoms with Crippen LogP contribution < -0.4 is 4.90 Å². The van der Waals surface area contributed by atoms with E-state index >= 15 is 0 Å². The Morgan fingerprint density at radius 1 is 1.08 bits per heavy atom. The van der Waals surface area contributed by atoms with Crippen LogP contribution in [-0.4, -0.2) is 31.0 Å². The van der Waals surface area contributed by atoms with Gasteiger partial charge in [0.2, 0.25) is 5.91 Å². The molecule has 2 rings (SSSR count). The second kappa shape index (κ2) is 7.29. The highest BCUT2D eigenvalue weighted by Gasteiger charge is 2.38. The quantitative estimate of drug-likeness (QED) is 0.471. The van der Waals surface area contributed by atoms with Crippen LogP contribution in [0.2, 0.25) is 0 Å². The lowest BCUT2D eigenvalue weighted by atomic mass is 10.0. The number of allylic oxidation sites excluding steroid dienone is 1. The molecule has 0 spiro atoms. The van der Waals surface area contributed by atoms with Gasteiger partial charge in [0.15, 0.2) is 0 Å². The fourth-order valence-electron chi connectivity index (χ4n) is 2.71. The Hall–Kier alpha value is -2.63. The van der Waals surface area contributed by atoms with Crippen LogP contribution in [0.1, 0.15) is 50.0 Å². The number of nitrogens with zero attached hydrogens (tertiary/aromatic N) is 1. The molecule has 0 radical (unpaired) electrons. The molecule has 0 saturated carbocycles. The molecule has 24 heavy (non-hydrogen) atoms. The molecule has 1 heterocycles. The molecule has 0 aromatic heterocycles. The van der Waals surface area contributed by atoms with Gasteiger partial charge in [-0.05, 0) is 26.0 Å². The van der Waals surface area contributed by atoms with Gasteiger partial charge in [0.05, 0.1) is 30.0 Å². The van der Waals surface area contributed by atoms with Crippen molar-refractivity contribution in [1.29, 1.82) is 0 Å². The van der Waals surface area contributed by atoms with E-state index in [0.29, 0.717) is 41.2 Å². The highest BCUT2D eigenvalue weighted by Crippen LogP contribution is 2.40. The van der Waals surface area contributed by atoms with E-state index in [0.717, 1.165) is 4.90 Å². The van der Waals surface area contributed by atoms with Crippen molar-refractivity contribution in [3.8, 4) is 0 Å². The molecule has 6 heteroatoms. The van der Waals surface area contributed by atoms with Crippen molar-refractivity contribution in [2.75, 3.05) is 18.1 Å². The van der Waals surface area contributed by atoms with Crippen molar-refractivity contribution in [1.82, 2.24) is 0 Å². The second-order valence-corrected chi connectivity index (χ2v) is 5.20. The number of esters is 1. The highest BCUT2D eigenvalue weighted by molar-refractivity contribution is 6.40. The minimum absolute atomic E-state index is 0.251. The summed E-state index contributed by atoms with van der Waals surface area (Å²) in [6.45, 7) is 7.43. The Morgan fingerprint density at radius 2 is 1.75 bits per heavy atom. The van der Waals surface area contributed by atoms with Crippen LogP contribution in [0.4, 0.5) is 5.69 Å². The number of carbonyl (C=O) groups excluding carboxylic acids is 3. The highest BCUT2D eigenvalue weighted by atomic mass is 16.5. The van der Waals surface area contributed by atoms with E-state index in [2.05, 4.69) is 0 Å². The molecule has 0 unspecified atom stereocenters. The number of imide groups is 1. The summed E-state index contributed by atoms with van der Waals surface area (Å²) < 4.78 is 10.6. The van der Waals surface area contributed by atoms with Crippen LogP contribution in [-0.2, 0) is 19.1 Å². The van der Waals surface area contributed by atoms with E-state index in [4.69, 9.17) is 9.47 Å². The zero-order chi connectivity index (χ0) is 17.9. The number of anilines is 1. The SMILES string of the molecule is CCOC(=O)c1ccc2c(c1)N(C(C)=O)C(=O)C2=C(CC)OCC. The number of carbonyl (C=O) groups is 3. The molecule has 1 aliphatic heterocycles. The molecule has 0 aliphatic carbocycles. The van der Waals surface area contributed by atoms with Crippen LogP contribution in [0.25, 0.3) is 5.57 Å². The molecule has 128 valence electrons. The third kappa shape index (κ3) is 3.04. The number of amides is 2. The minimum Gasteiger partial charge on any atom is -0.497 e. The zero-order valence-electron chi connectivity index (χ0n) is 14.3. The number of ether oxygens (including phenoxy) is 2. The number of rotatable bonds is 5. The molecule has 0 N–H and O–H groups in total. The lowest BCUT2D eigenvalue weighted by Gasteiger charge is -2.13. The Morgan fingerprint density at radius 3 is 2.29 bits per heavy atom. The first-order valence-electron chi connectivity index (χ1n) is 7.98. The van der Waals surface area contributed by atoms with E-state index in [1.807, 2.05) is 13.8 Å². The lowest BCUT2D eigenvalue weighted by Crippen LogP contribution is -2.31. The normalized spacial score (nSPS) is 15.2. The summed E-state index contributed by atoms with van der Waals surface area (Å²) in [5.41, 5.74) is 1.65. The van der Waals surface area contributed by atoms with Gasteiger partial charge >= 0.3 is 5.97 Å². The van der Waals surface area contributed by atoms with Gasteiger partial charge in [-0.1, -0.05) is 13.0 Å². The van der Waals surface area contributed by atoms with Gasteiger partial charge in [-0.3, -0.25) is 9.59 Å². The van der Waals surface area contributed by atoms with Gasteiger partial charge in [-0.15, -0.1) is 0 Å². The molecular weight excluding hydrogens is 310 g/mol. The molecule has 0 saturated heterocycles. The fraction of sp³-hybridized carbons (Fsp3) is 0.389. The average molecular weight is 331 g/mol. The molecule has 0 atom stereocenters. The van der Waals surface area contributed by atoms with Crippen LogP contribution in [0.5, 0.6) is 0 Å². The van der Waals surface area contributed by atoms with E-state index < -0.39 is 17.8 Å². The summed E-state index contributed by atoms with van der Waals surface area (Å²) in [6, 6.07) is 4.76. The Labute approximate surface area is 141 Å². The summed E-state index contributed by atoms with van der Waals surface area (Å²) in [4.78, 5) is 37.7. The van der Waals surface area contributed by atoms with E-state index in [1.54, 1.807) is 19.1 Å². The summed E-state index contributed by atoms with van der Waals surface area (Å²) >= 11 is 0. The van der Waals surface area contributed by atoms with Crippen LogP contribution in [0, 0.1) is 0 Å². The third-order valence-corrected chi connectivity index (χ3v) is 3.67. The van der Waals surface area contributed by atoms with Crippen molar-refractivity contribution in [3.05, 3.63) is 35.1 Å². The maximum atomic E-state index is 12.7. The molecule has 6 nitrogen and oxygen atoms in total. The van der Waals surface area contributed by atoms with Crippen LogP contribution >= 0.6 is 0 Å². The van der Waals surface area contributed by atoms with Gasteiger partial charge in [-0.2, -0.15) is 0 Å². The van der Waals surface area contributed by atoms with Crippen LogP contribution in [0.3, 0.4) is 0 Å².